The van der Waals surface area contributed by atoms with Crippen LogP contribution in [0.2, 0.25) is 0 Å². The van der Waals surface area contributed by atoms with Crippen LogP contribution in [0, 0.1) is 5.92 Å². The Bertz CT molecular complexity index is 482. The highest BCUT2D eigenvalue weighted by atomic mass is 16.6. The van der Waals surface area contributed by atoms with Crippen molar-refractivity contribution in [2.45, 2.75) is 52.3 Å². The Morgan fingerprint density at radius 3 is 2.64 bits per heavy atom. The Labute approximate surface area is 133 Å². The number of ether oxygens (including phenoxy) is 1. The third-order valence-corrected chi connectivity index (χ3v) is 3.99. The molecule has 1 aliphatic rings. The molecule has 2 rings (SSSR count). The van der Waals surface area contributed by atoms with E-state index in [1.54, 1.807) is 0 Å². The van der Waals surface area contributed by atoms with Crippen LogP contribution in [0.5, 0.6) is 0 Å². The van der Waals surface area contributed by atoms with Crippen LogP contribution >= 0.6 is 0 Å². The highest BCUT2D eigenvalue weighted by Gasteiger charge is 2.29. The second-order valence-electron chi connectivity index (χ2n) is 7.24. The first-order valence-corrected chi connectivity index (χ1v) is 8.09. The minimum absolute atomic E-state index is 0.146. The number of nitrogens with zero attached hydrogens (tertiary/aromatic N) is 1. The maximum atomic E-state index is 12.0. The van der Waals surface area contributed by atoms with Crippen LogP contribution in [-0.2, 0) is 11.3 Å². The number of piperidine rings is 1. The first kappa shape index (κ1) is 16.8. The summed E-state index contributed by atoms with van der Waals surface area (Å²) in [5, 5.41) is 3.04. The lowest BCUT2D eigenvalue weighted by Gasteiger charge is -2.37. The first-order chi connectivity index (χ1) is 10.3. The molecular formula is C18H28N2O2. The monoisotopic (exact) mass is 304 g/mol. The molecule has 1 heterocycles. The molecule has 0 radical (unpaired) electrons. The molecule has 4 heteroatoms. The van der Waals surface area contributed by atoms with E-state index >= 15 is 0 Å². The van der Waals surface area contributed by atoms with Crippen LogP contribution < -0.4 is 5.32 Å². The van der Waals surface area contributed by atoms with Crippen molar-refractivity contribution in [1.29, 1.82) is 0 Å². The lowest BCUT2D eigenvalue weighted by atomic mass is 9.93. The Kier molecular flexibility index (Phi) is 5.46. The quantitative estimate of drug-likeness (QED) is 0.930. The van der Waals surface area contributed by atoms with Gasteiger partial charge in [-0.3, -0.25) is 4.90 Å². The van der Waals surface area contributed by atoms with Crippen molar-refractivity contribution in [2.75, 3.05) is 13.1 Å². The van der Waals surface area contributed by atoms with Gasteiger partial charge in [-0.1, -0.05) is 37.3 Å². The van der Waals surface area contributed by atoms with Crippen LogP contribution in [-0.4, -0.2) is 35.7 Å². The van der Waals surface area contributed by atoms with E-state index in [0.29, 0.717) is 5.92 Å². The molecule has 1 aliphatic heterocycles. The van der Waals surface area contributed by atoms with Gasteiger partial charge in [0.15, 0.2) is 0 Å². The number of alkyl carbamates (subject to hydrolysis) is 1. The predicted molar refractivity (Wildman–Crippen MR) is 88.7 cm³/mol. The first-order valence-electron chi connectivity index (χ1n) is 8.09. The Hall–Kier alpha value is -1.55. The maximum absolute atomic E-state index is 12.0. The van der Waals surface area contributed by atoms with Gasteiger partial charge >= 0.3 is 6.09 Å². The number of benzene rings is 1. The molecule has 0 unspecified atom stereocenters. The molecule has 1 fully saturated rings. The highest BCUT2D eigenvalue weighted by Crippen LogP contribution is 2.19. The molecule has 0 aliphatic carbocycles. The van der Waals surface area contributed by atoms with Gasteiger partial charge in [0.2, 0.25) is 0 Å². The van der Waals surface area contributed by atoms with Gasteiger partial charge < -0.3 is 10.1 Å². The van der Waals surface area contributed by atoms with Gasteiger partial charge in [-0.25, -0.2) is 4.79 Å². The minimum Gasteiger partial charge on any atom is -0.444 e. The van der Waals surface area contributed by atoms with Crippen molar-refractivity contribution < 1.29 is 9.53 Å². The van der Waals surface area contributed by atoms with Gasteiger partial charge in [0.1, 0.15) is 5.60 Å². The average molecular weight is 304 g/mol. The summed E-state index contributed by atoms with van der Waals surface area (Å²) in [5.41, 5.74) is 0.860. The van der Waals surface area contributed by atoms with Crippen LogP contribution in [0.25, 0.3) is 0 Å². The summed E-state index contributed by atoms with van der Waals surface area (Å²) in [6.07, 6.45) is 0.777. The summed E-state index contributed by atoms with van der Waals surface area (Å²) in [6.45, 7) is 10.7. The van der Waals surface area contributed by atoms with Gasteiger partial charge in [0, 0.05) is 19.1 Å². The van der Waals surface area contributed by atoms with Gasteiger partial charge in [-0.15, -0.1) is 0 Å². The fourth-order valence-corrected chi connectivity index (χ4v) is 2.77. The topological polar surface area (TPSA) is 41.6 Å². The molecule has 22 heavy (non-hydrogen) atoms. The molecule has 0 bridgehead atoms. The fourth-order valence-electron chi connectivity index (χ4n) is 2.77. The molecule has 1 amide bonds. The number of likely N-dealkylation sites (tertiary alicyclic amines) is 1. The molecule has 1 N–H and O–H groups in total. The normalized spacial score (nSPS) is 23.1. The molecule has 0 spiro atoms. The Morgan fingerprint density at radius 1 is 1.32 bits per heavy atom. The summed E-state index contributed by atoms with van der Waals surface area (Å²) >= 11 is 0. The third kappa shape index (κ3) is 5.34. The van der Waals surface area contributed by atoms with Crippen LogP contribution in [0.3, 0.4) is 0 Å². The second-order valence-corrected chi connectivity index (χ2v) is 7.24. The van der Waals surface area contributed by atoms with Crippen LogP contribution in [0.4, 0.5) is 4.79 Å². The van der Waals surface area contributed by atoms with E-state index < -0.39 is 5.60 Å². The smallest absolute Gasteiger partial charge is 0.407 e. The van der Waals surface area contributed by atoms with E-state index in [1.165, 1.54) is 5.56 Å². The molecule has 1 aromatic rings. The number of carbonyl (C=O) groups is 1. The van der Waals surface area contributed by atoms with Gasteiger partial charge in [0.25, 0.3) is 0 Å². The summed E-state index contributed by atoms with van der Waals surface area (Å²) < 4.78 is 5.37. The zero-order chi connectivity index (χ0) is 16.2. The van der Waals surface area contributed by atoms with E-state index in [4.69, 9.17) is 4.74 Å². The van der Waals surface area contributed by atoms with E-state index in [2.05, 4.69) is 41.4 Å². The fraction of sp³-hybridized carbons (Fsp3) is 0.611. The zero-order valence-electron chi connectivity index (χ0n) is 14.1. The number of nitrogens with one attached hydrogen (secondary N) is 1. The highest BCUT2D eigenvalue weighted by molar-refractivity contribution is 5.68. The molecule has 4 nitrogen and oxygen atoms in total. The molecule has 1 saturated heterocycles. The SMILES string of the molecule is C[C@@H]1CCN(Cc2ccccc2)C[C@@H]1NC(=O)OC(C)(C)C. The standard InChI is InChI=1S/C18H28N2O2/c1-14-10-11-20(12-15-8-6-5-7-9-15)13-16(14)19-17(21)22-18(2,3)4/h5-9,14,16H,10-13H2,1-4H3,(H,19,21)/t14-,16+/m1/s1. The van der Waals surface area contributed by atoms with Crippen LogP contribution in [0.15, 0.2) is 30.3 Å². The van der Waals surface area contributed by atoms with Crippen molar-refractivity contribution in [3.63, 3.8) is 0 Å². The summed E-state index contributed by atoms with van der Waals surface area (Å²) in [5.74, 6) is 0.472. The Morgan fingerprint density at radius 2 is 2.00 bits per heavy atom. The zero-order valence-corrected chi connectivity index (χ0v) is 14.1. The number of rotatable bonds is 3. The molecule has 1 aromatic carbocycles. The van der Waals surface area contributed by atoms with E-state index in [9.17, 15) is 4.79 Å². The van der Waals surface area contributed by atoms with E-state index in [-0.39, 0.29) is 12.1 Å². The van der Waals surface area contributed by atoms with Gasteiger partial charge in [-0.05, 0) is 45.2 Å². The lowest BCUT2D eigenvalue weighted by Crippen LogP contribution is -2.52. The average Bonchev–Trinajstić information content (AvgIpc) is 2.41. The number of carbonyl (C=O) groups excluding carboxylic acids is 1. The van der Waals surface area contributed by atoms with Crippen LogP contribution in [0.1, 0.15) is 39.7 Å². The summed E-state index contributed by atoms with van der Waals surface area (Å²) in [7, 11) is 0. The molecule has 0 saturated carbocycles. The maximum Gasteiger partial charge on any atom is 0.407 e. The van der Waals surface area contributed by atoms with E-state index in [1.807, 2.05) is 26.8 Å². The molecule has 0 aromatic heterocycles. The number of hydrogen-bond acceptors (Lipinski definition) is 3. The Balaban J connectivity index is 1.89. The van der Waals surface area contributed by atoms with Gasteiger partial charge in [-0.2, -0.15) is 0 Å². The minimum atomic E-state index is -0.453. The largest absolute Gasteiger partial charge is 0.444 e. The van der Waals surface area contributed by atoms with Crippen molar-refractivity contribution in [1.82, 2.24) is 10.2 Å². The van der Waals surface area contributed by atoms with Gasteiger partial charge in [0.05, 0.1) is 0 Å². The van der Waals surface area contributed by atoms with Crippen molar-refractivity contribution in [3.8, 4) is 0 Å². The summed E-state index contributed by atoms with van der Waals surface area (Å²) in [4.78, 5) is 14.4. The summed E-state index contributed by atoms with van der Waals surface area (Å²) in [6, 6.07) is 10.6. The third-order valence-electron chi connectivity index (χ3n) is 3.99. The second kappa shape index (κ2) is 7.14. The lowest BCUT2D eigenvalue weighted by molar-refractivity contribution is 0.0433. The van der Waals surface area contributed by atoms with Crippen molar-refractivity contribution in [3.05, 3.63) is 35.9 Å². The molecular weight excluding hydrogens is 276 g/mol. The number of amides is 1. The van der Waals surface area contributed by atoms with Crippen molar-refractivity contribution in [2.24, 2.45) is 5.92 Å². The van der Waals surface area contributed by atoms with E-state index in [0.717, 1.165) is 26.1 Å². The van der Waals surface area contributed by atoms with Crippen molar-refractivity contribution >= 4 is 6.09 Å². The number of hydrogen-bond donors (Lipinski definition) is 1. The predicted octanol–water partition coefficient (Wildman–Crippen LogP) is 3.42. The molecule has 2 atom stereocenters. The molecule has 122 valence electrons.